The molecule has 0 aliphatic carbocycles. The normalized spacial score (nSPS) is 11.3. The Morgan fingerprint density at radius 1 is 1.07 bits per heavy atom. The van der Waals surface area contributed by atoms with E-state index < -0.39 is 5.91 Å². The zero-order valence-corrected chi connectivity index (χ0v) is 17.3. The lowest BCUT2D eigenvalue weighted by Crippen LogP contribution is -2.25. The molecule has 0 spiro atoms. The van der Waals surface area contributed by atoms with Crippen molar-refractivity contribution in [3.05, 3.63) is 70.6 Å². The lowest BCUT2D eigenvalue weighted by molar-refractivity contribution is 0.102. The van der Waals surface area contributed by atoms with Crippen LogP contribution in [0.2, 0.25) is 0 Å². The van der Waals surface area contributed by atoms with Gasteiger partial charge in [-0.25, -0.2) is 4.52 Å². The van der Waals surface area contributed by atoms with Gasteiger partial charge in [0, 0.05) is 12.6 Å². The molecular formula is C23H24N4O3. The summed E-state index contributed by atoms with van der Waals surface area (Å²) in [6.45, 7) is 7.09. The van der Waals surface area contributed by atoms with Crippen LogP contribution in [-0.4, -0.2) is 26.7 Å². The van der Waals surface area contributed by atoms with Gasteiger partial charge in [0.15, 0.2) is 5.69 Å². The second-order valence-corrected chi connectivity index (χ2v) is 7.51. The van der Waals surface area contributed by atoms with Gasteiger partial charge in [0.1, 0.15) is 11.3 Å². The first kappa shape index (κ1) is 19.7. The lowest BCUT2D eigenvalue weighted by atomic mass is 10.2. The van der Waals surface area contributed by atoms with Crippen molar-refractivity contribution >= 4 is 28.1 Å². The smallest absolute Gasteiger partial charge is 0.277 e. The SMILES string of the molecule is CCOc1ccccc1NC(=O)c1cc2c(=O)n(CC(C)C)c3ccccc3n2n1. The number of benzene rings is 2. The molecule has 4 aromatic rings. The van der Waals surface area contributed by atoms with Gasteiger partial charge >= 0.3 is 0 Å². The molecule has 0 saturated carbocycles. The second-order valence-electron chi connectivity index (χ2n) is 7.51. The van der Waals surface area contributed by atoms with Crippen LogP contribution >= 0.6 is 0 Å². The maximum atomic E-state index is 13.2. The van der Waals surface area contributed by atoms with Crippen LogP contribution in [0.3, 0.4) is 0 Å². The Bertz CT molecular complexity index is 1290. The average Bonchev–Trinajstić information content (AvgIpc) is 3.19. The van der Waals surface area contributed by atoms with Gasteiger partial charge in [-0.05, 0) is 37.1 Å². The van der Waals surface area contributed by atoms with Crippen molar-refractivity contribution in [1.29, 1.82) is 0 Å². The molecule has 30 heavy (non-hydrogen) atoms. The molecule has 0 aliphatic heterocycles. The average molecular weight is 404 g/mol. The molecule has 1 N–H and O–H groups in total. The van der Waals surface area contributed by atoms with Gasteiger partial charge in [0.05, 0.1) is 23.3 Å². The standard InChI is InChI=1S/C23H24N4O3/c1-4-30-21-12-8-5-9-16(21)24-22(28)17-13-20-23(29)26(14-15(2)3)18-10-6-7-11-19(18)27(20)25-17/h5-13,15H,4,14H2,1-3H3,(H,24,28). The molecule has 0 radical (unpaired) electrons. The maximum Gasteiger partial charge on any atom is 0.277 e. The fourth-order valence-electron chi connectivity index (χ4n) is 3.53. The summed E-state index contributed by atoms with van der Waals surface area (Å²) in [6, 6.07) is 16.4. The van der Waals surface area contributed by atoms with Crippen molar-refractivity contribution < 1.29 is 9.53 Å². The van der Waals surface area contributed by atoms with Crippen molar-refractivity contribution in [2.45, 2.75) is 27.3 Å². The number of nitrogens with one attached hydrogen (secondary N) is 1. The van der Waals surface area contributed by atoms with Crippen molar-refractivity contribution in [2.75, 3.05) is 11.9 Å². The summed E-state index contributed by atoms with van der Waals surface area (Å²) in [5, 5.41) is 7.28. The molecule has 0 unspecified atom stereocenters. The Labute approximate surface area is 173 Å². The molecule has 154 valence electrons. The number of fused-ring (bicyclic) bond motifs is 3. The topological polar surface area (TPSA) is 77.6 Å². The summed E-state index contributed by atoms with van der Waals surface area (Å²) in [5.74, 6) is 0.487. The minimum absolute atomic E-state index is 0.163. The highest BCUT2D eigenvalue weighted by molar-refractivity contribution is 6.04. The van der Waals surface area contributed by atoms with E-state index in [4.69, 9.17) is 4.74 Å². The highest BCUT2D eigenvalue weighted by Crippen LogP contribution is 2.24. The van der Waals surface area contributed by atoms with E-state index >= 15 is 0 Å². The molecule has 2 heterocycles. The molecule has 2 aromatic heterocycles. The predicted molar refractivity (Wildman–Crippen MR) is 117 cm³/mol. The first-order valence-electron chi connectivity index (χ1n) is 10.0. The van der Waals surface area contributed by atoms with Gasteiger partial charge in [-0.2, -0.15) is 5.10 Å². The van der Waals surface area contributed by atoms with E-state index in [1.807, 2.05) is 43.3 Å². The Morgan fingerprint density at radius 2 is 1.77 bits per heavy atom. The van der Waals surface area contributed by atoms with Gasteiger partial charge in [-0.15, -0.1) is 0 Å². The number of aromatic nitrogens is 3. The van der Waals surface area contributed by atoms with Crippen molar-refractivity contribution in [3.63, 3.8) is 0 Å². The number of para-hydroxylation sites is 4. The maximum absolute atomic E-state index is 13.2. The highest BCUT2D eigenvalue weighted by Gasteiger charge is 2.18. The zero-order chi connectivity index (χ0) is 21.3. The van der Waals surface area contributed by atoms with E-state index in [1.165, 1.54) is 0 Å². The summed E-state index contributed by atoms with van der Waals surface area (Å²) in [5.41, 5.74) is 2.51. The fraction of sp³-hybridized carbons (Fsp3) is 0.261. The monoisotopic (exact) mass is 404 g/mol. The van der Waals surface area contributed by atoms with E-state index in [-0.39, 0.29) is 11.3 Å². The molecule has 1 amide bonds. The Morgan fingerprint density at radius 3 is 2.50 bits per heavy atom. The van der Waals surface area contributed by atoms with Crippen LogP contribution in [0.25, 0.3) is 16.6 Å². The largest absolute Gasteiger partial charge is 0.492 e. The minimum atomic E-state index is -0.398. The second kappa shape index (κ2) is 8.02. The summed E-state index contributed by atoms with van der Waals surface area (Å²) in [4.78, 5) is 26.1. The fourth-order valence-corrected chi connectivity index (χ4v) is 3.53. The van der Waals surface area contributed by atoms with Crippen LogP contribution in [0.1, 0.15) is 31.3 Å². The van der Waals surface area contributed by atoms with Gasteiger partial charge in [0.25, 0.3) is 11.5 Å². The number of amides is 1. The van der Waals surface area contributed by atoms with Crippen molar-refractivity contribution in [3.8, 4) is 5.75 Å². The third-order valence-corrected chi connectivity index (χ3v) is 4.79. The molecule has 0 atom stereocenters. The Hall–Kier alpha value is -3.61. The van der Waals surface area contributed by atoms with Crippen LogP contribution in [0.15, 0.2) is 59.4 Å². The molecule has 0 bridgehead atoms. The minimum Gasteiger partial charge on any atom is -0.492 e. The van der Waals surface area contributed by atoms with E-state index in [9.17, 15) is 9.59 Å². The molecule has 0 saturated heterocycles. The molecule has 0 aliphatic rings. The van der Waals surface area contributed by atoms with Crippen LogP contribution in [0.5, 0.6) is 5.75 Å². The molecule has 2 aromatic carbocycles. The van der Waals surface area contributed by atoms with Crippen molar-refractivity contribution in [1.82, 2.24) is 14.2 Å². The van der Waals surface area contributed by atoms with E-state index in [2.05, 4.69) is 24.3 Å². The van der Waals surface area contributed by atoms with Gasteiger partial charge in [0.2, 0.25) is 0 Å². The van der Waals surface area contributed by atoms with Gasteiger partial charge < -0.3 is 14.6 Å². The van der Waals surface area contributed by atoms with Crippen LogP contribution < -0.4 is 15.6 Å². The summed E-state index contributed by atoms with van der Waals surface area (Å²) in [7, 11) is 0. The molecule has 7 nitrogen and oxygen atoms in total. The summed E-state index contributed by atoms with van der Waals surface area (Å²) < 4.78 is 8.87. The number of ether oxygens (including phenoxy) is 1. The van der Waals surface area contributed by atoms with Crippen LogP contribution in [-0.2, 0) is 6.54 Å². The van der Waals surface area contributed by atoms with E-state index in [0.29, 0.717) is 36.0 Å². The van der Waals surface area contributed by atoms with Crippen LogP contribution in [0, 0.1) is 5.92 Å². The molecule has 7 heteroatoms. The number of anilines is 1. The Kier molecular flexibility index (Phi) is 5.27. The van der Waals surface area contributed by atoms with Gasteiger partial charge in [-0.3, -0.25) is 9.59 Å². The highest BCUT2D eigenvalue weighted by atomic mass is 16.5. The van der Waals surface area contributed by atoms with Crippen LogP contribution in [0.4, 0.5) is 5.69 Å². The number of carbonyl (C=O) groups excluding carboxylic acids is 1. The first-order valence-corrected chi connectivity index (χ1v) is 10.0. The third kappa shape index (κ3) is 3.54. The quantitative estimate of drug-likeness (QED) is 0.528. The Balaban J connectivity index is 1.80. The molecule has 4 rings (SSSR count). The van der Waals surface area contributed by atoms with E-state index in [0.717, 1.165) is 11.0 Å². The summed E-state index contributed by atoms with van der Waals surface area (Å²) in [6.07, 6.45) is 0. The number of hydrogen-bond acceptors (Lipinski definition) is 4. The first-order chi connectivity index (χ1) is 14.5. The van der Waals surface area contributed by atoms with Crippen molar-refractivity contribution in [2.24, 2.45) is 5.92 Å². The number of rotatable bonds is 6. The van der Waals surface area contributed by atoms with Gasteiger partial charge in [-0.1, -0.05) is 38.1 Å². The lowest BCUT2D eigenvalue weighted by Gasteiger charge is -2.13. The number of hydrogen-bond donors (Lipinski definition) is 1. The zero-order valence-electron chi connectivity index (χ0n) is 17.3. The third-order valence-electron chi connectivity index (χ3n) is 4.79. The molecule has 0 fully saturated rings. The summed E-state index contributed by atoms with van der Waals surface area (Å²) >= 11 is 0. The predicted octanol–water partition coefficient (Wildman–Crippen LogP) is 3.96. The van der Waals surface area contributed by atoms with E-state index in [1.54, 1.807) is 27.3 Å². The number of carbonyl (C=O) groups is 1. The molecular weight excluding hydrogens is 380 g/mol. The number of nitrogens with zero attached hydrogens (tertiary/aromatic N) is 3.